The van der Waals surface area contributed by atoms with Gasteiger partial charge in [-0.25, -0.2) is 0 Å². The number of carbonyl (C=O) groups excluding carboxylic acids is 2. The number of hydrogen-bond acceptors (Lipinski definition) is 2. The first-order chi connectivity index (χ1) is 6.49. The van der Waals surface area contributed by atoms with Gasteiger partial charge in [0, 0.05) is 18.5 Å². The quantitative estimate of drug-likeness (QED) is 0.645. The normalized spacial score (nSPS) is 17.2. The van der Waals surface area contributed by atoms with Crippen LogP contribution in [0.3, 0.4) is 0 Å². The summed E-state index contributed by atoms with van der Waals surface area (Å²) in [5.41, 5.74) is -0.500. The predicted molar refractivity (Wildman–Crippen MR) is 54.9 cm³/mol. The summed E-state index contributed by atoms with van der Waals surface area (Å²) < 4.78 is 0. The standard InChI is InChI=1S/C11H19NO2/c1-4-11(2,3)9(13)10(14)12-7-5-6-8-12/h4-8H2,1-3H3. The Hall–Kier alpha value is -0.860. The number of ketones is 1. The molecule has 0 radical (unpaired) electrons. The average molecular weight is 197 g/mol. The van der Waals surface area contributed by atoms with Gasteiger partial charge in [0.05, 0.1) is 0 Å². The van der Waals surface area contributed by atoms with E-state index in [1.165, 1.54) is 0 Å². The molecule has 0 aromatic heterocycles. The average Bonchev–Trinajstić information content (AvgIpc) is 2.68. The maximum atomic E-state index is 11.8. The van der Waals surface area contributed by atoms with E-state index in [1.807, 2.05) is 20.8 Å². The molecule has 0 unspecified atom stereocenters. The molecule has 1 amide bonds. The highest BCUT2D eigenvalue weighted by Crippen LogP contribution is 2.23. The van der Waals surface area contributed by atoms with Gasteiger partial charge in [-0.1, -0.05) is 20.8 Å². The molecule has 0 aliphatic carbocycles. The molecule has 3 nitrogen and oxygen atoms in total. The number of rotatable bonds is 3. The van der Waals surface area contributed by atoms with Crippen LogP contribution in [-0.2, 0) is 9.59 Å². The lowest BCUT2D eigenvalue weighted by molar-refractivity contribution is -0.148. The lowest BCUT2D eigenvalue weighted by atomic mass is 9.84. The Balaban J connectivity index is 2.64. The second kappa shape index (κ2) is 4.11. The molecule has 0 bridgehead atoms. The Morgan fingerprint density at radius 3 is 2.14 bits per heavy atom. The molecule has 1 heterocycles. The summed E-state index contributed by atoms with van der Waals surface area (Å²) in [5, 5.41) is 0. The molecule has 1 aliphatic heterocycles. The van der Waals surface area contributed by atoms with Gasteiger partial charge in [-0.3, -0.25) is 9.59 Å². The molecule has 1 aliphatic rings. The number of carbonyl (C=O) groups is 2. The Labute approximate surface area is 85.5 Å². The van der Waals surface area contributed by atoms with Crippen molar-refractivity contribution in [3.8, 4) is 0 Å². The summed E-state index contributed by atoms with van der Waals surface area (Å²) in [6.07, 6.45) is 2.78. The van der Waals surface area contributed by atoms with E-state index in [1.54, 1.807) is 4.90 Å². The minimum Gasteiger partial charge on any atom is -0.336 e. The summed E-state index contributed by atoms with van der Waals surface area (Å²) in [7, 11) is 0. The number of hydrogen-bond donors (Lipinski definition) is 0. The second-order valence-corrected chi connectivity index (χ2v) is 4.57. The molecule has 0 aromatic rings. The van der Waals surface area contributed by atoms with E-state index in [-0.39, 0.29) is 11.7 Å². The van der Waals surface area contributed by atoms with Crippen molar-refractivity contribution in [2.75, 3.05) is 13.1 Å². The molecule has 1 rings (SSSR count). The number of Topliss-reactive ketones (excluding diaryl/α,β-unsaturated/α-hetero) is 1. The third-order valence-electron chi connectivity index (χ3n) is 3.09. The van der Waals surface area contributed by atoms with Crippen LogP contribution in [0.2, 0.25) is 0 Å². The van der Waals surface area contributed by atoms with Crippen LogP contribution in [0.5, 0.6) is 0 Å². The van der Waals surface area contributed by atoms with E-state index in [2.05, 4.69) is 0 Å². The van der Waals surface area contributed by atoms with Gasteiger partial charge >= 0.3 is 0 Å². The number of likely N-dealkylation sites (tertiary alicyclic amines) is 1. The van der Waals surface area contributed by atoms with E-state index in [9.17, 15) is 9.59 Å². The fourth-order valence-electron chi connectivity index (χ4n) is 1.51. The van der Waals surface area contributed by atoms with Crippen LogP contribution in [0.25, 0.3) is 0 Å². The lowest BCUT2D eigenvalue weighted by Crippen LogP contribution is -2.41. The maximum absolute atomic E-state index is 11.8. The van der Waals surface area contributed by atoms with Crippen molar-refractivity contribution in [3.63, 3.8) is 0 Å². The van der Waals surface area contributed by atoms with Crippen LogP contribution < -0.4 is 0 Å². The molecule has 0 spiro atoms. The fraction of sp³-hybridized carbons (Fsp3) is 0.818. The highest BCUT2D eigenvalue weighted by molar-refractivity contribution is 6.37. The molecule has 1 fully saturated rings. The molecule has 3 heteroatoms. The topological polar surface area (TPSA) is 37.4 Å². The molecule has 0 saturated carbocycles. The first kappa shape index (κ1) is 11.2. The summed E-state index contributed by atoms with van der Waals surface area (Å²) >= 11 is 0. The minimum absolute atomic E-state index is 0.234. The van der Waals surface area contributed by atoms with Gasteiger partial charge in [0.1, 0.15) is 0 Å². The highest BCUT2D eigenvalue weighted by Gasteiger charge is 2.34. The van der Waals surface area contributed by atoms with E-state index < -0.39 is 5.41 Å². The molecule has 0 N–H and O–H groups in total. The zero-order valence-corrected chi connectivity index (χ0v) is 9.30. The SMILES string of the molecule is CCC(C)(C)C(=O)C(=O)N1CCCC1. The van der Waals surface area contributed by atoms with Crippen LogP contribution in [0.1, 0.15) is 40.0 Å². The largest absolute Gasteiger partial charge is 0.336 e. The van der Waals surface area contributed by atoms with E-state index in [0.717, 1.165) is 25.9 Å². The fourth-order valence-corrected chi connectivity index (χ4v) is 1.51. The van der Waals surface area contributed by atoms with Gasteiger partial charge in [-0.05, 0) is 19.3 Å². The van der Waals surface area contributed by atoms with Gasteiger partial charge in [0.25, 0.3) is 5.91 Å². The third-order valence-corrected chi connectivity index (χ3v) is 3.09. The molecular formula is C11H19NO2. The Morgan fingerprint density at radius 2 is 1.71 bits per heavy atom. The van der Waals surface area contributed by atoms with Gasteiger partial charge in [-0.2, -0.15) is 0 Å². The van der Waals surface area contributed by atoms with E-state index >= 15 is 0 Å². The zero-order chi connectivity index (χ0) is 10.8. The third kappa shape index (κ3) is 2.14. The smallest absolute Gasteiger partial charge is 0.290 e. The van der Waals surface area contributed by atoms with Gasteiger partial charge in [-0.15, -0.1) is 0 Å². The van der Waals surface area contributed by atoms with Crippen molar-refractivity contribution in [1.29, 1.82) is 0 Å². The summed E-state index contributed by atoms with van der Waals surface area (Å²) in [6, 6.07) is 0. The molecule has 80 valence electrons. The van der Waals surface area contributed by atoms with Crippen molar-refractivity contribution in [1.82, 2.24) is 4.90 Å². The summed E-state index contributed by atoms with van der Waals surface area (Å²) in [5.74, 6) is -0.517. The van der Waals surface area contributed by atoms with E-state index in [0.29, 0.717) is 6.42 Å². The first-order valence-corrected chi connectivity index (χ1v) is 5.32. The van der Waals surface area contributed by atoms with Crippen LogP contribution in [0, 0.1) is 5.41 Å². The molecule has 0 aromatic carbocycles. The molecule has 14 heavy (non-hydrogen) atoms. The van der Waals surface area contributed by atoms with Crippen molar-refractivity contribution in [2.45, 2.75) is 40.0 Å². The Morgan fingerprint density at radius 1 is 1.21 bits per heavy atom. The highest BCUT2D eigenvalue weighted by atomic mass is 16.2. The van der Waals surface area contributed by atoms with Crippen LogP contribution in [-0.4, -0.2) is 29.7 Å². The van der Waals surface area contributed by atoms with Crippen LogP contribution >= 0.6 is 0 Å². The first-order valence-electron chi connectivity index (χ1n) is 5.32. The molecule has 1 saturated heterocycles. The Kier molecular flexibility index (Phi) is 3.29. The van der Waals surface area contributed by atoms with Crippen molar-refractivity contribution in [3.05, 3.63) is 0 Å². The van der Waals surface area contributed by atoms with E-state index in [4.69, 9.17) is 0 Å². The lowest BCUT2D eigenvalue weighted by Gasteiger charge is -2.23. The van der Waals surface area contributed by atoms with Crippen LogP contribution in [0.15, 0.2) is 0 Å². The van der Waals surface area contributed by atoms with Crippen LogP contribution in [0.4, 0.5) is 0 Å². The predicted octanol–water partition coefficient (Wildman–Crippen LogP) is 1.61. The maximum Gasteiger partial charge on any atom is 0.290 e. The van der Waals surface area contributed by atoms with Crippen molar-refractivity contribution >= 4 is 11.7 Å². The summed E-state index contributed by atoms with van der Waals surface area (Å²) in [4.78, 5) is 25.2. The zero-order valence-electron chi connectivity index (χ0n) is 9.30. The van der Waals surface area contributed by atoms with Crippen molar-refractivity contribution < 1.29 is 9.59 Å². The second-order valence-electron chi connectivity index (χ2n) is 4.57. The molecular weight excluding hydrogens is 178 g/mol. The Bertz CT molecular complexity index is 240. The van der Waals surface area contributed by atoms with Crippen molar-refractivity contribution in [2.24, 2.45) is 5.41 Å². The number of nitrogens with zero attached hydrogens (tertiary/aromatic N) is 1. The van der Waals surface area contributed by atoms with Gasteiger partial charge in [0.2, 0.25) is 5.78 Å². The minimum atomic E-state index is -0.500. The van der Waals surface area contributed by atoms with Gasteiger partial charge < -0.3 is 4.90 Å². The molecule has 0 atom stereocenters. The monoisotopic (exact) mass is 197 g/mol. The van der Waals surface area contributed by atoms with Gasteiger partial charge in [0.15, 0.2) is 0 Å². The summed E-state index contributed by atoms with van der Waals surface area (Å²) in [6.45, 7) is 7.12. The number of amides is 1.